The van der Waals surface area contributed by atoms with Crippen molar-refractivity contribution in [2.75, 3.05) is 0 Å². The zero-order valence-corrected chi connectivity index (χ0v) is 11.0. The zero-order valence-electron chi connectivity index (χ0n) is 10.2. The summed E-state index contributed by atoms with van der Waals surface area (Å²) in [4.78, 5) is 11.0. The highest BCUT2D eigenvalue weighted by Crippen LogP contribution is 2.17. The van der Waals surface area contributed by atoms with Gasteiger partial charge in [-0.15, -0.1) is 0 Å². The molecule has 0 aliphatic rings. The Morgan fingerprint density at radius 3 is 2.35 bits per heavy atom. The molecular formula is C14H10F2O3S. The first-order chi connectivity index (χ1) is 9.47. The van der Waals surface area contributed by atoms with Crippen molar-refractivity contribution in [2.45, 2.75) is 10.6 Å². The number of aromatic carboxylic acids is 1. The summed E-state index contributed by atoms with van der Waals surface area (Å²) in [7, 11) is -1.53. The molecule has 6 heteroatoms. The first-order valence-corrected chi connectivity index (χ1v) is 6.95. The molecule has 1 unspecified atom stereocenters. The molecule has 1 atom stereocenters. The molecule has 0 heterocycles. The van der Waals surface area contributed by atoms with Gasteiger partial charge in [0.1, 0.15) is 11.6 Å². The van der Waals surface area contributed by atoms with Gasteiger partial charge in [-0.3, -0.25) is 4.21 Å². The zero-order chi connectivity index (χ0) is 14.7. The Hall–Kier alpha value is -2.08. The van der Waals surface area contributed by atoms with Crippen LogP contribution in [-0.2, 0) is 16.6 Å². The van der Waals surface area contributed by atoms with E-state index in [-0.39, 0.29) is 10.6 Å². The molecule has 0 fully saturated rings. The van der Waals surface area contributed by atoms with Crippen LogP contribution in [0.15, 0.2) is 47.4 Å². The molecule has 2 aromatic rings. The van der Waals surface area contributed by atoms with Crippen molar-refractivity contribution >= 4 is 16.8 Å². The number of hydrogen-bond donors (Lipinski definition) is 1. The quantitative estimate of drug-likeness (QED) is 0.943. The summed E-state index contributed by atoms with van der Waals surface area (Å²) in [5.41, 5.74) is 0.126. The lowest BCUT2D eigenvalue weighted by atomic mass is 10.2. The Kier molecular flexibility index (Phi) is 4.24. The fourth-order valence-electron chi connectivity index (χ4n) is 1.63. The molecule has 2 rings (SSSR count). The Morgan fingerprint density at radius 1 is 1.10 bits per heavy atom. The summed E-state index contributed by atoms with van der Waals surface area (Å²) >= 11 is 0. The fourth-order valence-corrected chi connectivity index (χ4v) is 2.76. The second-order valence-electron chi connectivity index (χ2n) is 4.06. The normalized spacial score (nSPS) is 12.1. The molecule has 0 aliphatic carbocycles. The van der Waals surface area contributed by atoms with Gasteiger partial charge in [-0.2, -0.15) is 0 Å². The van der Waals surface area contributed by atoms with Crippen LogP contribution in [0.25, 0.3) is 0 Å². The maximum Gasteiger partial charge on any atom is 0.338 e. The molecule has 0 saturated heterocycles. The van der Waals surface area contributed by atoms with Crippen LogP contribution in [-0.4, -0.2) is 15.3 Å². The maximum absolute atomic E-state index is 13.2. The van der Waals surface area contributed by atoms with Crippen LogP contribution < -0.4 is 0 Å². The van der Waals surface area contributed by atoms with Gasteiger partial charge in [0.15, 0.2) is 0 Å². The SMILES string of the molecule is O=C(O)c1cc(S(=O)Cc2ccc(F)cc2)ccc1F. The van der Waals surface area contributed by atoms with Crippen molar-refractivity contribution in [3.63, 3.8) is 0 Å². The molecule has 104 valence electrons. The van der Waals surface area contributed by atoms with E-state index in [1.165, 1.54) is 30.3 Å². The summed E-state index contributed by atoms with van der Waals surface area (Å²) in [6.07, 6.45) is 0. The first kappa shape index (κ1) is 14.3. The summed E-state index contributed by atoms with van der Waals surface area (Å²) in [6.45, 7) is 0. The van der Waals surface area contributed by atoms with Crippen molar-refractivity contribution in [3.05, 3.63) is 65.2 Å². The van der Waals surface area contributed by atoms with Crippen LogP contribution >= 0.6 is 0 Å². The molecule has 0 aromatic heterocycles. The largest absolute Gasteiger partial charge is 0.478 e. The van der Waals surface area contributed by atoms with Gasteiger partial charge in [-0.1, -0.05) is 12.1 Å². The highest BCUT2D eigenvalue weighted by molar-refractivity contribution is 7.84. The predicted octanol–water partition coefficient (Wildman–Crippen LogP) is 2.97. The third kappa shape index (κ3) is 3.27. The van der Waals surface area contributed by atoms with Crippen molar-refractivity contribution in [3.8, 4) is 0 Å². The molecule has 3 nitrogen and oxygen atoms in total. The molecule has 20 heavy (non-hydrogen) atoms. The van der Waals surface area contributed by atoms with Crippen LogP contribution in [0.4, 0.5) is 8.78 Å². The molecular weight excluding hydrogens is 286 g/mol. The number of carboxylic acids is 1. The minimum absolute atomic E-state index is 0.102. The average molecular weight is 296 g/mol. The van der Waals surface area contributed by atoms with Crippen molar-refractivity contribution in [1.29, 1.82) is 0 Å². The van der Waals surface area contributed by atoms with Gasteiger partial charge in [0.2, 0.25) is 0 Å². The minimum Gasteiger partial charge on any atom is -0.478 e. The standard InChI is InChI=1S/C14H10F2O3S/c15-10-3-1-9(2-4-10)8-20(19)11-5-6-13(16)12(7-11)14(17)18/h1-7H,8H2,(H,17,18). The van der Waals surface area contributed by atoms with Gasteiger partial charge < -0.3 is 5.11 Å². The lowest BCUT2D eigenvalue weighted by Crippen LogP contribution is -2.04. The maximum atomic E-state index is 13.2. The molecule has 2 aromatic carbocycles. The minimum atomic E-state index is -1.53. The van der Waals surface area contributed by atoms with Crippen molar-refractivity contribution in [1.82, 2.24) is 0 Å². The predicted molar refractivity (Wildman–Crippen MR) is 69.9 cm³/mol. The molecule has 0 spiro atoms. The number of benzene rings is 2. The van der Waals surface area contributed by atoms with E-state index in [1.807, 2.05) is 0 Å². The van der Waals surface area contributed by atoms with E-state index >= 15 is 0 Å². The Labute approximate surface area is 116 Å². The summed E-state index contributed by atoms with van der Waals surface area (Å²) in [6, 6.07) is 8.80. The average Bonchev–Trinajstić information content (AvgIpc) is 2.41. The van der Waals surface area contributed by atoms with Gasteiger partial charge in [-0.25, -0.2) is 13.6 Å². The fraction of sp³-hybridized carbons (Fsp3) is 0.0714. The van der Waals surface area contributed by atoms with E-state index < -0.39 is 34.0 Å². The van der Waals surface area contributed by atoms with Crippen LogP contribution in [0.5, 0.6) is 0 Å². The van der Waals surface area contributed by atoms with Gasteiger partial charge in [-0.05, 0) is 35.9 Å². The topological polar surface area (TPSA) is 54.4 Å². The number of hydrogen-bond acceptors (Lipinski definition) is 2. The smallest absolute Gasteiger partial charge is 0.338 e. The van der Waals surface area contributed by atoms with Crippen LogP contribution in [0, 0.1) is 11.6 Å². The third-order valence-electron chi connectivity index (χ3n) is 2.64. The summed E-state index contributed by atoms with van der Waals surface area (Å²) in [5, 5.41) is 8.81. The van der Waals surface area contributed by atoms with Gasteiger partial charge in [0.25, 0.3) is 0 Å². The highest BCUT2D eigenvalue weighted by atomic mass is 32.2. The summed E-state index contributed by atoms with van der Waals surface area (Å²) < 4.78 is 38.1. The van der Waals surface area contributed by atoms with Gasteiger partial charge in [0, 0.05) is 4.90 Å². The van der Waals surface area contributed by atoms with Crippen molar-refractivity contribution < 1.29 is 22.9 Å². The molecule has 0 radical (unpaired) electrons. The Bertz CT molecular complexity index is 669. The number of rotatable bonds is 4. The highest BCUT2D eigenvalue weighted by Gasteiger charge is 2.14. The van der Waals surface area contributed by atoms with Gasteiger partial charge >= 0.3 is 5.97 Å². The van der Waals surface area contributed by atoms with E-state index in [0.29, 0.717) is 5.56 Å². The summed E-state index contributed by atoms with van der Waals surface area (Å²) in [5.74, 6) is -2.58. The monoisotopic (exact) mass is 296 g/mol. The van der Waals surface area contributed by atoms with E-state index in [4.69, 9.17) is 5.11 Å². The molecule has 0 amide bonds. The van der Waals surface area contributed by atoms with Crippen LogP contribution in [0.2, 0.25) is 0 Å². The van der Waals surface area contributed by atoms with Crippen molar-refractivity contribution in [2.24, 2.45) is 0 Å². The molecule has 0 saturated carbocycles. The first-order valence-electron chi connectivity index (χ1n) is 5.63. The third-order valence-corrected chi connectivity index (χ3v) is 4.02. The van der Waals surface area contributed by atoms with E-state index in [1.54, 1.807) is 0 Å². The molecule has 0 aliphatic heterocycles. The second kappa shape index (κ2) is 5.92. The lowest BCUT2D eigenvalue weighted by molar-refractivity contribution is 0.0691. The van der Waals surface area contributed by atoms with E-state index in [9.17, 15) is 17.8 Å². The Morgan fingerprint density at radius 2 is 1.75 bits per heavy atom. The van der Waals surface area contributed by atoms with Crippen LogP contribution in [0.3, 0.4) is 0 Å². The van der Waals surface area contributed by atoms with E-state index in [0.717, 1.165) is 12.1 Å². The second-order valence-corrected chi connectivity index (χ2v) is 5.51. The van der Waals surface area contributed by atoms with E-state index in [2.05, 4.69) is 0 Å². The number of halogens is 2. The number of carbonyl (C=O) groups is 1. The van der Waals surface area contributed by atoms with Gasteiger partial charge in [0.05, 0.1) is 22.1 Å². The number of carboxylic acid groups (broad SMARTS) is 1. The molecule has 0 bridgehead atoms. The Balaban J connectivity index is 2.23. The van der Waals surface area contributed by atoms with Crippen LogP contribution in [0.1, 0.15) is 15.9 Å². The molecule has 1 N–H and O–H groups in total. The lowest BCUT2D eigenvalue weighted by Gasteiger charge is -2.05.